The SMILES string of the molecule is CCNC(Cc1cccc(F)c1)c1cc(C)nnc1C. The molecular formula is C16H20FN3. The molecule has 4 heteroatoms. The van der Waals surface area contributed by atoms with Crippen molar-refractivity contribution < 1.29 is 4.39 Å². The van der Waals surface area contributed by atoms with Crippen molar-refractivity contribution in [3.05, 3.63) is 58.7 Å². The maximum absolute atomic E-state index is 13.3. The van der Waals surface area contributed by atoms with Crippen molar-refractivity contribution in [2.45, 2.75) is 33.2 Å². The lowest BCUT2D eigenvalue weighted by Gasteiger charge is -2.20. The van der Waals surface area contributed by atoms with Crippen LogP contribution in [-0.2, 0) is 6.42 Å². The van der Waals surface area contributed by atoms with Crippen molar-refractivity contribution in [2.24, 2.45) is 0 Å². The Morgan fingerprint density at radius 2 is 2.00 bits per heavy atom. The smallest absolute Gasteiger partial charge is 0.123 e. The molecule has 1 unspecified atom stereocenters. The summed E-state index contributed by atoms with van der Waals surface area (Å²) in [5.41, 5.74) is 3.92. The average molecular weight is 273 g/mol. The molecule has 0 bridgehead atoms. The first-order valence-corrected chi connectivity index (χ1v) is 6.88. The van der Waals surface area contributed by atoms with Gasteiger partial charge in [0, 0.05) is 6.04 Å². The molecule has 1 N–H and O–H groups in total. The van der Waals surface area contributed by atoms with Crippen molar-refractivity contribution in [2.75, 3.05) is 6.54 Å². The van der Waals surface area contributed by atoms with Crippen molar-refractivity contribution in [3.8, 4) is 0 Å². The van der Waals surface area contributed by atoms with Crippen LogP contribution in [-0.4, -0.2) is 16.7 Å². The standard InChI is InChI=1S/C16H20FN3/c1-4-18-16(10-13-6-5-7-14(17)9-13)15-8-11(2)19-20-12(15)3/h5-9,16,18H,4,10H2,1-3H3. The lowest BCUT2D eigenvalue weighted by atomic mass is 9.97. The summed E-state index contributed by atoms with van der Waals surface area (Å²) in [6.07, 6.45) is 0.734. The van der Waals surface area contributed by atoms with Gasteiger partial charge in [0.05, 0.1) is 11.4 Å². The number of nitrogens with zero attached hydrogens (tertiary/aromatic N) is 2. The van der Waals surface area contributed by atoms with Crippen LogP contribution in [0.3, 0.4) is 0 Å². The molecule has 106 valence electrons. The summed E-state index contributed by atoms with van der Waals surface area (Å²) in [5, 5.41) is 11.7. The van der Waals surface area contributed by atoms with Crippen LogP contribution in [0.15, 0.2) is 30.3 Å². The number of rotatable bonds is 5. The molecule has 0 saturated heterocycles. The van der Waals surface area contributed by atoms with E-state index in [2.05, 4.69) is 28.5 Å². The van der Waals surface area contributed by atoms with E-state index in [0.29, 0.717) is 0 Å². The van der Waals surface area contributed by atoms with E-state index in [4.69, 9.17) is 0 Å². The Morgan fingerprint density at radius 1 is 1.20 bits per heavy atom. The Labute approximate surface area is 119 Å². The first-order chi connectivity index (χ1) is 9.60. The van der Waals surface area contributed by atoms with E-state index in [1.54, 1.807) is 12.1 Å². The summed E-state index contributed by atoms with van der Waals surface area (Å²) in [7, 11) is 0. The van der Waals surface area contributed by atoms with E-state index in [1.165, 1.54) is 6.07 Å². The molecule has 1 aromatic carbocycles. The minimum Gasteiger partial charge on any atom is -0.310 e. The molecule has 0 spiro atoms. The maximum atomic E-state index is 13.3. The fourth-order valence-electron chi connectivity index (χ4n) is 2.36. The molecule has 1 aromatic heterocycles. The Morgan fingerprint density at radius 3 is 2.70 bits per heavy atom. The molecule has 1 atom stereocenters. The van der Waals surface area contributed by atoms with E-state index < -0.39 is 0 Å². The molecule has 0 radical (unpaired) electrons. The van der Waals surface area contributed by atoms with Gasteiger partial charge in [0.1, 0.15) is 5.82 Å². The lowest BCUT2D eigenvalue weighted by molar-refractivity contribution is 0.539. The van der Waals surface area contributed by atoms with Crippen LogP contribution in [0.5, 0.6) is 0 Å². The van der Waals surface area contributed by atoms with Crippen molar-refractivity contribution in [1.29, 1.82) is 0 Å². The van der Waals surface area contributed by atoms with Crippen LogP contribution < -0.4 is 5.32 Å². The number of aryl methyl sites for hydroxylation is 2. The van der Waals surface area contributed by atoms with Crippen LogP contribution in [0.25, 0.3) is 0 Å². The van der Waals surface area contributed by atoms with Crippen LogP contribution in [0, 0.1) is 19.7 Å². The van der Waals surface area contributed by atoms with Gasteiger partial charge in [-0.2, -0.15) is 10.2 Å². The van der Waals surface area contributed by atoms with Gasteiger partial charge in [-0.15, -0.1) is 0 Å². The molecule has 0 saturated carbocycles. The quantitative estimate of drug-likeness (QED) is 0.909. The van der Waals surface area contributed by atoms with Crippen molar-refractivity contribution in [1.82, 2.24) is 15.5 Å². The zero-order valence-corrected chi connectivity index (χ0v) is 12.2. The summed E-state index contributed by atoms with van der Waals surface area (Å²) in [4.78, 5) is 0. The summed E-state index contributed by atoms with van der Waals surface area (Å²) >= 11 is 0. The highest BCUT2D eigenvalue weighted by molar-refractivity contribution is 5.27. The topological polar surface area (TPSA) is 37.8 Å². The van der Waals surface area contributed by atoms with Gasteiger partial charge in [-0.05, 0) is 56.1 Å². The number of nitrogens with one attached hydrogen (secondary N) is 1. The predicted octanol–water partition coefficient (Wildman–Crippen LogP) is 3.13. The number of hydrogen-bond donors (Lipinski definition) is 1. The fourth-order valence-corrected chi connectivity index (χ4v) is 2.36. The normalized spacial score (nSPS) is 12.4. The van der Waals surface area contributed by atoms with E-state index in [1.807, 2.05) is 19.9 Å². The Bertz CT molecular complexity index is 584. The van der Waals surface area contributed by atoms with Crippen LogP contribution in [0.2, 0.25) is 0 Å². The maximum Gasteiger partial charge on any atom is 0.123 e. The van der Waals surface area contributed by atoms with Crippen molar-refractivity contribution in [3.63, 3.8) is 0 Å². The average Bonchev–Trinajstić information content (AvgIpc) is 2.41. The summed E-state index contributed by atoms with van der Waals surface area (Å²) < 4.78 is 13.3. The van der Waals surface area contributed by atoms with Gasteiger partial charge < -0.3 is 5.32 Å². The largest absolute Gasteiger partial charge is 0.310 e. The number of benzene rings is 1. The summed E-state index contributed by atoms with van der Waals surface area (Å²) in [5.74, 6) is -0.196. The van der Waals surface area contributed by atoms with Gasteiger partial charge in [-0.25, -0.2) is 4.39 Å². The minimum atomic E-state index is -0.196. The summed E-state index contributed by atoms with van der Waals surface area (Å²) in [6, 6.07) is 8.92. The second-order valence-electron chi connectivity index (χ2n) is 4.97. The van der Waals surface area contributed by atoms with Crippen molar-refractivity contribution >= 4 is 0 Å². The number of halogens is 1. The minimum absolute atomic E-state index is 0.121. The number of hydrogen-bond acceptors (Lipinski definition) is 3. The van der Waals surface area contributed by atoms with Gasteiger partial charge >= 0.3 is 0 Å². The molecular weight excluding hydrogens is 253 g/mol. The molecule has 2 aromatic rings. The third-order valence-corrected chi connectivity index (χ3v) is 3.29. The van der Waals surface area contributed by atoms with Gasteiger partial charge in [0.2, 0.25) is 0 Å². The molecule has 0 amide bonds. The number of aromatic nitrogens is 2. The van der Waals surface area contributed by atoms with Crippen LogP contribution >= 0.6 is 0 Å². The van der Waals surface area contributed by atoms with E-state index in [-0.39, 0.29) is 11.9 Å². The molecule has 0 aliphatic rings. The second kappa shape index (κ2) is 6.57. The fraction of sp³-hybridized carbons (Fsp3) is 0.375. The third kappa shape index (κ3) is 3.61. The molecule has 0 aliphatic heterocycles. The Balaban J connectivity index is 2.29. The first-order valence-electron chi connectivity index (χ1n) is 6.88. The monoisotopic (exact) mass is 273 g/mol. The highest BCUT2D eigenvalue weighted by Crippen LogP contribution is 2.21. The van der Waals surface area contributed by atoms with Gasteiger partial charge in [0.25, 0.3) is 0 Å². The van der Waals surface area contributed by atoms with Gasteiger partial charge in [-0.3, -0.25) is 0 Å². The molecule has 1 heterocycles. The number of likely N-dealkylation sites (N-methyl/N-ethyl adjacent to an activating group) is 1. The molecule has 2 rings (SSSR count). The molecule has 3 nitrogen and oxygen atoms in total. The molecule has 0 aliphatic carbocycles. The van der Waals surface area contributed by atoms with Crippen LogP contribution in [0.1, 0.15) is 35.5 Å². The lowest BCUT2D eigenvalue weighted by Crippen LogP contribution is -2.24. The molecule has 0 fully saturated rings. The van der Waals surface area contributed by atoms with E-state index in [9.17, 15) is 4.39 Å². The second-order valence-corrected chi connectivity index (χ2v) is 4.97. The van der Waals surface area contributed by atoms with Gasteiger partial charge in [0.15, 0.2) is 0 Å². The van der Waals surface area contributed by atoms with Crippen LogP contribution in [0.4, 0.5) is 4.39 Å². The highest BCUT2D eigenvalue weighted by atomic mass is 19.1. The highest BCUT2D eigenvalue weighted by Gasteiger charge is 2.15. The predicted molar refractivity (Wildman–Crippen MR) is 78.0 cm³/mol. The van der Waals surface area contributed by atoms with E-state index in [0.717, 1.165) is 35.5 Å². The van der Waals surface area contributed by atoms with E-state index >= 15 is 0 Å². The Kier molecular flexibility index (Phi) is 4.79. The zero-order valence-electron chi connectivity index (χ0n) is 12.2. The molecule has 20 heavy (non-hydrogen) atoms. The third-order valence-electron chi connectivity index (χ3n) is 3.29. The summed E-state index contributed by atoms with van der Waals surface area (Å²) in [6.45, 7) is 6.80. The first kappa shape index (κ1) is 14.6. The Hall–Kier alpha value is -1.81. The zero-order chi connectivity index (χ0) is 14.5. The van der Waals surface area contributed by atoms with Gasteiger partial charge in [-0.1, -0.05) is 19.1 Å².